The van der Waals surface area contributed by atoms with E-state index in [-0.39, 0.29) is 34.2 Å². The monoisotopic (exact) mass is 458 g/mol. The molecule has 5 rings (SSSR count). The Morgan fingerprint density at radius 1 is 1.18 bits per heavy atom. The Bertz CT molecular complexity index is 1170. The van der Waals surface area contributed by atoms with Crippen LogP contribution in [-0.2, 0) is 0 Å². The topological polar surface area (TPSA) is 55.8 Å². The number of aromatic hydroxyl groups is 1. The van der Waals surface area contributed by atoms with E-state index < -0.39 is 0 Å². The average molecular weight is 459 g/mol. The van der Waals surface area contributed by atoms with Gasteiger partial charge in [-0.25, -0.2) is 0 Å². The number of hydrogen-bond donors (Lipinski definition) is 1. The first kappa shape index (κ1) is 22.8. The summed E-state index contributed by atoms with van der Waals surface area (Å²) in [5.41, 5.74) is 2.81. The minimum absolute atomic E-state index is 0.0786. The van der Waals surface area contributed by atoms with E-state index in [4.69, 9.17) is 9.47 Å². The van der Waals surface area contributed by atoms with Gasteiger partial charge in [-0.15, -0.1) is 0 Å². The number of ether oxygens (including phenoxy) is 2. The van der Waals surface area contributed by atoms with Gasteiger partial charge in [0.05, 0.1) is 0 Å². The van der Waals surface area contributed by atoms with Gasteiger partial charge in [-0.1, -0.05) is 48.1 Å². The van der Waals surface area contributed by atoms with E-state index in [0.717, 1.165) is 43.2 Å². The molecule has 4 atom stereocenters. The number of benzene rings is 2. The predicted octanol–water partition coefficient (Wildman–Crippen LogP) is 7.22. The van der Waals surface area contributed by atoms with E-state index in [1.165, 1.54) is 11.6 Å². The third-order valence-corrected chi connectivity index (χ3v) is 7.90. The van der Waals surface area contributed by atoms with Gasteiger partial charge in [-0.2, -0.15) is 0 Å². The second kappa shape index (κ2) is 8.33. The Morgan fingerprint density at radius 2 is 1.94 bits per heavy atom. The lowest BCUT2D eigenvalue weighted by Gasteiger charge is -2.56. The van der Waals surface area contributed by atoms with Crippen LogP contribution in [-0.4, -0.2) is 22.1 Å². The molecule has 4 nitrogen and oxygen atoms in total. The van der Waals surface area contributed by atoms with Crippen LogP contribution in [0.5, 0.6) is 17.2 Å². The lowest BCUT2D eigenvalue weighted by atomic mass is 9.60. The molecule has 0 radical (unpaired) electrons. The standard InChI is InChI=1S/C30H34O4/c1-19(2)9-8-15-30(4)22-14-16-29(3)18-21(22)26-25(33-30)17-24(32)27(28(26)34-29)23(31)13-12-20-10-6-5-7-11-20/h5-7,9-13,17,21-22,32H,8,14-16,18H2,1-4H3/t21-,22+,29-,30-/m1/s1. The zero-order valence-corrected chi connectivity index (χ0v) is 20.6. The number of phenols is 1. The van der Waals surface area contributed by atoms with E-state index in [9.17, 15) is 9.90 Å². The van der Waals surface area contributed by atoms with Gasteiger partial charge in [0.2, 0.25) is 0 Å². The molecule has 1 saturated carbocycles. The summed E-state index contributed by atoms with van der Waals surface area (Å²) in [6, 6.07) is 11.3. The molecular weight excluding hydrogens is 424 g/mol. The van der Waals surface area contributed by atoms with Gasteiger partial charge < -0.3 is 14.6 Å². The summed E-state index contributed by atoms with van der Waals surface area (Å²) in [6.45, 7) is 8.60. The zero-order chi connectivity index (χ0) is 24.1. The van der Waals surface area contributed by atoms with Crippen LogP contribution in [0.3, 0.4) is 0 Å². The molecule has 2 heterocycles. The van der Waals surface area contributed by atoms with Crippen molar-refractivity contribution < 1.29 is 19.4 Å². The van der Waals surface area contributed by atoms with E-state index >= 15 is 0 Å². The maximum Gasteiger partial charge on any atom is 0.193 e. The minimum atomic E-state index is -0.338. The van der Waals surface area contributed by atoms with Gasteiger partial charge in [-0.05, 0) is 71.4 Å². The summed E-state index contributed by atoms with van der Waals surface area (Å²) in [7, 11) is 0. The van der Waals surface area contributed by atoms with Gasteiger partial charge in [0.25, 0.3) is 0 Å². The molecule has 2 bridgehead atoms. The van der Waals surface area contributed by atoms with Gasteiger partial charge >= 0.3 is 0 Å². The van der Waals surface area contributed by atoms with Crippen LogP contribution in [0.4, 0.5) is 0 Å². The lowest BCUT2D eigenvalue weighted by molar-refractivity contribution is -0.0839. The molecule has 0 unspecified atom stereocenters. The highest BCUT2D eigenvalue weighted by molar-refractivity contribution is 6.11. The molecule has 1 N–H and O–H groups in total. The fourth-order valence-electron chi connectivity index (χ4n) is 6.19. The van der Waals surface area contributed by atoms with Crippen molar-refractivity contribution in [1.82, 2.24) is 0 Å². The molecule has 1 aliphatic carbocycles. The Morgan fingerprint density at radius 3 is 2.68 bits per heavy atom. The molecule has 34 heavy (non-hydrogen) atoms. The summed E-state index contributed by atoms with van der Waals surface area (Å²) in [6.07, 6.45) is 10.3. The van der Waals surface area contributed by atoms with Crippen LogP contribution in [0.15, 0.2) is 54.1 Å². The molecule has 0 saturated heterocycles. The zero-order valence-electron chi connectivity index (χ0n) is 20.6. The lowest BCUT2D eigenvalue weighted by Crippen LogP contribution is -2.55. The third kappa shape index (κ3) is 3.93. The van der Waals surface area contributed by atoms with Crippen molar-refractivity contribution in [3.8, 4) is 17.2 Å². The highest BCUT2D eigenvalue weighted by Gasteiger charge is 2.56. The van der Waals surface area contributed by atoms with E-state index in [2.05, 4.69) is 33.8 Å². The molecule has 0 spiro atoms. The summed E-state index contributed by atoms with van der Waals surface area (Å²) in [4.78, 5) is 13.3. The third-order valence-electron chi connectivity index (χ3n) is 7.90. The number of carbonyl (C=O) groups excluding carboxylic acids is 1. The minimum Gasteiger partial charge on any atom is -0.507 e. The van der Waals surface area contributed by atoms with Crippen molar-refractivity contribution >= 4 is 11.9 Å². The average Bonchev–Trinajstić information content (AvgIpc) is 2.77. The van der Waals surface area contributed by atoms with Crippen LogP contribution in [0.1, 0.15) is 87.2 Å². The summed E-state index contributed by atoms with van der Waals surface area (Å²) < 4.78 is 13.2. The molecule has 1 fully saturated rings. The number of phenolic OH excluding ortho intramolecular Hbond substituents is 1. The number of hydrogen-bond acceptors (Lipinski definition) is 4. The maximum atomic E-state index is 13.3. The van der Waals surface area contributed by atoms with Crippen molar-refractivity contribution in [2.24, 2.45) is 5.92 Å². The summed E-state index contributed by atoms with van der Waals surface area (Å²) in [5, 5.41) is 11.0. The molecule has 2 aliphatic heterocycles. The van der Waals surface area contributed by atoms with Crippen LogP contribution in [0.2, 0.25) is 0 Å². The van der Waals surface area contributed by atoms with E-state index in [0.29, 0.717) is 17.4 Å². The van der Waals surface area contributed by atoms with Crippen molar-refractivity contribution in [3.63, 3.8) is 0 Å². The van der Waals surface area contributed by atoms with Crippen LogP contribution in [0, 0.1) is 5.92 Å². The first-order valence-corrected chi connectivity index (χ1v) is 12.4. The van der Waals surface area contributed by atoms with Crippen LogP contribution < -0.4 is 9.47 Å². The summed E-state index contributed by atoms with van der Waals surface area (Å²) >= 11 is 0. The molecule has 4 heteroatoms. The predicted molar refractivity (Wildman–Crippen MR) is 135 cm³/mol. The molecule has 0 amide bonds. The smallest absolute Gasteiger partial charge is 0.193 e. The summed E-state index contributed by atoms with van der Waals surface area (Å²) in [5.74, 6) is 1.47. The number of ketones is 1. The number of carbonyl (C=O) groups is 1. The SMILES string of the molecule is CC(C)=CCC[C@@]1(C)Oc2cc(O)c(C(=O)C=Cc3ccccc3)c3c2[C@@H]2C[C@@](C)(CC[C@@H]21)O3. The number of allylic oxidation sites excluding steroid dienone is 3. The van der Waals surface area contributed by atoms with Gasteiger partial charge in [-0.3, -0.25) is 4.79 Å². The Labute approximate surface area is 202 Å². The largest absolute Gasteiger partial charge is 0.507 e. The van der Waals surface area contributed by atoms with Gasteiger partial charge in [0, 0.05) is 23.5 Å². The molecule has 0 aromatic heterocycles. The van der Waals surface area contributed by atoms with Crippen molar-refractivity contribution in [1.29, 1.82) is 0 Å². The Balaban J connectivity index is 1.56. The van der Waals surface area contributed by atoms with E-state index in [1.54, 1.807) is 12.1 Å². The van der Waals surface area contributed by atoms with Crippen LogP contribution in [0.25, 0.3) is 6.08 Å². The molecule has 3 aliphatic rings. The normalized spacial score (nSPS) is 28.7. The Hall–Kier alpha value is -3.01. The molecule has 178 valence electrons. The fourth-order valence-corrected chi connectivity index (χ4v) is 6.19. The quantitative estimate of drug-likeness (QED) is 0.282. The number of fused-ring (bicyclic) bond motifs is 1. The highest BCUT2D eigenvalue weighted by atomic mass is 16.5. The molecular formula is C30H34O4. The molecule has 2 aromatic carbocycles. The van der Waals surface area contributed by atoms with Gasteiger partial charge in [0.1, 0.15) is 34.0 Å². The van der Waals surface area contributed by atoms with E-state index in [1.807, 2.05) is 30.3 Å². The number of rotatable bonds is 6. The maximum absolute atomic E-state index is 13.3. The fraction of sp³-hybridized carbons (Fsp3) is 0.433. The van der Waals surface area contributed by atoms with Crippen molar-refractivity contribution in [3.05, 3.63) is 70.8 Å². The molecule has 2 aromatic rings. The van der Waals surface area contributed by atoms with Crippen molar-refractivity contribution in [2.45, 2.75) is 76.9 Å². The second-order valence-corrected chi connectivity index (χ2v) is 10.9. The first-order chi connectivity index (χ1) is 16.2. The second-order valence-electron chi connectivity index (χ2n) is 10.9. The first-order valence-electron chi connectivity index (χ1n) is 12.4. The Kier molecular flexibility index (Phi) is 5.58. The van der Waals surface area contributed by atoms with Crippen molar-refractivity contribution in [2.75, 3.05) is 0 Å². The van der Waals surface area contributed by atoms with Crippen LogP contribution >= 0.6 is 0 Å². The van der Waals surface area contributed by atoms with Gasteiger partial charge in [0.15, 0.2) is 5.78 Å². The highest BCUT2D eigenvalue weighted by Crippen LogP contribution is 2.62.